The minimum Gasteiger partial charge on any atom is -0.489 e. The average Bonchev–Trinajstić information content (AvgIpc) is 3.27. The van der Waals surface area contributed by atoms with Crippen molar-refractivity contribution in [1.29, 1.82) is 0 Å². The van der Waals surface area contributed by atoms with Crippen LogP contribution in [0, 0.1) is 0 Å². The molecule has 1 saturated heterocycles. The molecule has 1 fully saturated rings. The molecule has 142 valence electrons. The summed E-state index contributed by atoms with van der Waals surface area (Å²) < 4.78 is 11.3. The molecule has 1 aromatic heterocycles. The zero-order valence-corrected chi connectivity index (χ0v) is 16.3. The molecule has 3 aromatic rings. The van der Waals surface area contributed by atoms with Gasteiger partial charge in [-0.05, 0) is 48.0 Å². The molecule has 7 heteroatoms. The topological polar surface area (TPSA) is 68.5 Å². The Kier molecular flexibility index (Phi) is 5.41. The standard InChI is InChI=1S/C21H16ClNO4S/c22-14-3-1-13(2-4-14)12-27-15-5-7-16(8-6-15)28-18-9-10-26-20(18)17-11-19(24)23-21(17)25/h1-10,17H,11-12H2,(H,23,24,25). The molecule has 0 aliphatic carbocycles. The van der Waals surface area contributed by atoms with E-state index in [1.54, 1.807) is 6.07 Å². The van der Waals surface area contributed by atoms with Gasteiger partial charge in [-0.2, -0.15) is 0 Å². The lowest BCUT2D eigenvalue weighted by Crippen LogP contribution is -2.21. The van der Waals surface area contributed by atoms with E-state index in [1.807, 2.05) is 48.5 Å². The van der Waals surface area contributed by atoms with Crippen LogP contribution in [0.5, 0.6) is 5.75 Å². The Hall–Kier alpha value is -2.70. The number of ether oxygens (including phenoxy) is 1. The lowest BCUT2D eigenvalue weighted by molar-refractivity contribution is -0.125. The van der Waals surface area contributed by atoms with Crippen LogP contribution in [-0.4, -0.2) is 11.8 Å². The Bertz CT molecular complexity index is 998. The fourth-order valence-electron chi connectivity index (χ4n) is 2.89. The lowest BCUT2D eigenvalue weighted by atomic mass is 10.1. The molecule has 1 N–H and O–H groups in total. The second-order valence-corrected chi connectivity index (χ2v) is 7.86. The number of amides is 2. The Labute approximate surface area is 171 Å². The van der Waals surface area contributed by atoms with Gasteiger partial charge in [0, 0.05) is 16.3 Å². The van der Waals surface area contributed by atoms with Crippen molar-refractivity contribution in [2.24, 2.45) is 0 Å². The first-order valence-corrected chi connectivity index (χ1v) is 9.84. The maximum absolute atomic E-state index is 11.9. The van der Waals surface area contributed by atoms with Crippen molar-refractivity contribution in [2.45, 2.75) is 28.7 Å². The Morgan fingerprint density at radius 3 is 2.50 bits per heavy atom. The van der Waals surface area contributed by atoms with Gasteiger partial charge in [-0.15, -0.1) is 0 Å². The number of benzene rings is 2. The van der Waals surface area contributed by atoms with E-state index in [9.17, 15) is 9.59 Å². The number of rotatable bonds is 6. The molecular weight excluding hydrogens is 398 g/mol. The smallest absolute Gasteiger partial charge is 0.237 e. The third-order valence-corrected chi connectivity index (χ3v) is 5.63. The van der Waals surface area contributed by atoms with Crippen LogP contribution in [0.3, 0.4) is 0 Å². The van der Waals surface area contributed by atoms with Crippen molar-refractivity contribution in [3.05, 3.63) is 77.2 Å². The summed E-state index contributed by atoms with van der Waals surface area (Å²) in [5, 5.41) is 3.01. The molecule has 28 heavy (non-hydrogen) atoms. The maximum Gasteiger partial charge on any atom is 0.237 e. The summed E-state index contributed by atoms with van der Waals surface area (Å²) in [4.78, 5) is 25.2. The number of carbonyl (C=O) groups is 2. The van der Waals surface area contributed by atoms with Gasteiger partial charge in [0.15, 0.2) is 0 Å². The minimum absolute atomic E-state index is 0.122. The molecule has 2 heterocycles. The number of halogens is 1. The zero-order chi connectivity index (χ0) is 19.5. The summed E-state index contributed by atoms with van der Waals surface area (Å²) in [6, 6.07) is 17.0. The van der Waals surface area contributed by atoms with E-state index in [0.29, 0.717) is 17.4 Å². The first-order valence-electron chi connectivity index (χ1n) is 8.65. The van der Waals surface area contributed by atoms with Gasteiger partial charge < -0.3 is 9.15 Å². The van der Waals surface area contributed by atoms with Crippen molar-refractivity contribution in [3.8, 4) is 5.75 Å². The van der Waals surface area contributed by atoms with Gasteiger partial charge in [0.25, 0.3) is 0 Å². The van der Waals surface area contributed by atoms with Gasteiger partial charge in [0.1, 0.15) is 24.0 Å². The fraction of sp³-hybridized carbons (Fsp3) is 0.143. The Morgan fingerprint density at radius 2 is 1.82 bits per heavy atom. The van der Waals surface area contributed by atoms with Gasteiger partial charge in [-0.3, -0.25) is 14.9 Å². The van der Waals surface area contributed by atoms with E-state index >= 15 is 0 Å². The van der Waals surface area contributed by atoms with Crippen LogP contribution in [0.4, 0.5) is 0 Å². The molecule has 1 unspecified atom stereocenters. The molecule has 1 aliphatic rings. The van der Waals surface area contributed by atoms with Crippen LogP contribution in [0.25, 0.3) is 0 Å². The van der Waals surface area contributed by atoms with Crippen LogP contribution in [-0.2, 0) is 16.2 Å². The highest BCUT2D eigenvalue weighted by atomic mass is 35.5. The molecule has 4 rings (SSSR count). The van der Waals surface area contributed by atoms with Crippen LogP contribution in [0.2, 0.25) is 5.02 Å². The van der Waals surface area contributed by atoms with Crippen LogP contribution < -0.4 is 10.1 Å². The van der Waals surface area contributed by atoms with Crippen molar-refractivity contribution in [3.63, 3.8) is 0 Å². The van der Waals surface area contributed by atoms with Gasteiger partial charge in [-0.25, -0.2) is 0 Å². The van der Waals surface area contributed by atoms with Gasteiger partial charge in [0.05, 0.1) is 11.2 Å². The van der Waals surface area contributed by atoms with E-state index in [1.165, 1.54) is 18.0 Å². The number of furan rings is 1. The normalized spacial score (nSPS) is 16.2. The molecule has 0 spiro atoms. The van der Waals surface area contributed by atoms with Crippen LogP contribution in [0.1, 0.15) is 23.7 Å². The Balaban J connectivity index is 1.40. The molecule has 2 aromatic carbocycles. The van der Waals surface area contributed by atoms with Crippen molar-refractivity contribution < 1.29 is 18.7 Å². The molecule has 0 radical (unpaired) electrons. The second-order valence-electron chi connectivity index (χ2n) is 6.31. The number of nitrogens with one attached hydrogen (secondary N) is 1. The third kappa shape index (κ3) is 4.24. The van der Waals surface area contributed by atoms with E-state index in [0.717, 1.165) is 21.1 Å². The molecular formula is C21H16ClNO4S. The summed E-state index contributed by atoms with van der Waals surface area (Å²) in [5.41, 5.74) is 1.04. The predicted molar refractivity (Wildman–Crippen MR) is 106 cm³/mol. The molecule has 0 saturated carbocycles. The highest BCUT2D eigenvalue weighted by Gasteiger charge is 2.35. The summed E-state index contributed by atoms with van der Waals surface area (Å²) >= 11 is 7.36. The lowest BCUT2D eigenvalue weighted by Gasteiger charge is -2.08. The largest absolute Gasteiger partial charge is 0.489 e. The van der Waals surface area contributed by atoms with Gasteiger partial charge in [0.2, 0.25) is 11.8 Å². The van der Waals surface area contributed by atoms with E-state index in [2.05, 4.69) is 5.32 Å². The van der Waals surface area contributed by atoms with Crippen LogP contribution >= 0.6 is 23.4 Å². The molecule has 0 bridgehead atoms. The van der Waals surface area contributed by atoms with E-state index in [-0.39, 0.29) is 18.2 Å². The predicted octanol–water partition coefficient (Wildman–Crippen LogP) is 4.79. The van der Waals surface area contributed by atoms with Crippen LogP contribution in [0.15, 0.2) is 75.1 Å². The third-order valence-electron chi connectivity index (χ3n) is 4.31. The summed E-state index contributed by atoms with van der Waals surface area (Å²) in [5.74, 6) is 0.133. The van der Waals surface area contributed by atoms with E-state index in [4.69, 9.17) is 20.8 Å². The first-order chi connectivity index (χ1) is 13.6. The number of carbonyl (C=O) groups excluding carboxylic acids is 2. The summed E-state index contributed by atoms with van der Waals surface area (Å²) in [6.07, 6.45) is 1.66. The Morgan fingerprint density at radius 1 is 1.07 bits per heavy atom. The number of hydrogen-bond donors (Lipinski definition) is 1. The number of imide groups is 1. The SMILES string of the molecule is O=C1CC(c2occc2Sc2ccc(OCc3ccc(Cl)cc3)cc2)C(=O)N1. The van der Waals surface area contributed by atoms with E-state index < -0.39 is 5.92 Å². The monoisotopic (exact) mass is 413 g/mol. The van der Waals surface area contributed by atoms with Crippen molar-refractivity contribution in [1.82, 2.24) is 5.32 Å². The highest BCUT2D eigenvalue weighted by Crippen LogP contribution is 2.38. The zero-order valence-electron chi connectivity index (χ0n) is 14.7. The first kappa shape index (κ1) is 18.7. The summed E-state index contributed by atoms with van der Waals surface area (Å²) in [6.45, 7) is 0.459. The second kappa shape index (κ2) is 8.12. The molecule has 2 amide bonds. The van der Waals surface area contributed by atoms with Crippen molar-refractivity contribution in [2.75, 3.05) is 0 Å². The maximum atomic E-state index is 11.9. The molecule has 5 nitrogen and oxygen atoms in total. The quantitative estimate of drug-likeness (QED) is 0.588. The highest BCUT2D eigenvalue weighted by molar-refractivity contribution is 7.99. The van der Waals surface area contributed by atoms with Gasteiger partial charge >= 0.3 is 0 Å². The van der Waals surface area contributed by atoms with Gasteiger partial charge in [-0.1, -0.05) is 35.5 Å². The number of hydrogen-bond acceptors (Lipinski definition) is 5. The average molecular weight is 414 g/mol. The van der Waals surface area contributed by atoms with Crippen molar-refractivity contribution >= 4 is 35.2 Å². The minimum atomic E-state index is -0.563. The fourth-order valence-corrected chi connectivity index (χ4v) is 3.96. The molecule has 1 atom stereocenters. The summed E-state index contributed by atoms with van der Waals surface area (Å²) in [7, 11) is 0. The molecule has 1 aliphatic heterocycles.